The molecule has 0 radical (unpaired) electrons. The van der Waals surface area contributed by atoms with Crippen LogP contribution in [-0.2, 0) is 14.4 Å². The lowest BCUT2D eigenvalue weighted by molar-refractivity contribution is -0.140. The van der Waals surface area contributed by atoms with Gasteiger partial charge in [-0.3, -0.25) is 19.3 Å². The van der Waals surface area contributed by atoms with E-state index in [1.807, 2.05) is 30.0 Å². The van der Waals surface area contributed by atoms with E-state index in [2.05, 4.69) is 29.3 Å². The fourth-order valence-electron chi connectivity index (χ4n) is 4.93. The Morgan fingerprint density at radius 2 is 1.59 bits per heavy atom. The molecule has 2 heterocycles. The second-order valence-electron chi connectivity index (χ2n) is 9.25. The summed E-state index contributed by atoms with van der Waals surface area (Å²) in [5.41, 5.74) is 6.54. The lowest BCUT2D eigenvalue weighted by Crippen LogP contribution is -2.51. The van der Waals surface area contributed by atoms with Crippen LogP contribution >= 0.6 is 0 Å². The van der Waals surface area contributed by atoms with Crippen molar-refractivity contribution < 1.29 is 14.4 Å². The van der Waals surface area contributed by atoms with Crippen molar-refractivity contribution in [2.24, 2.45) is 17.6 Å². The molecule has 3 N–H and O–H groups in total. The van der Waals surface area contributed by atoms with Crippen molar-refractivity contribution in [3.05, 3.63) is 35.9 Å². The third-order valence-corrected chi connectivity index (χ3v) is 7.11. The quantitative estimate of drug-likeness (QED) is 0.646. The Bertz CT molecular complexity index is 769. The van der Waals surface area contributed by atoms with Gasteiger partial charge >= 0.3 is 0 Å². The van der Waals surface area contributed by atoms with Gasteiger partial charge in [-0.15, -0.1) is 0 Å². The van der Waals surface area contributed by atoms with E-state index >= 15 is 0 Å². The van der Waals surface area contributed by atoms with Crippen LogP contribution in [-0.4, -0.2) is 59.7 Å². The minimum absolute atomic E-state index is 0.00352. The summed E-state index contributed by atoms with van der Waals surface area (Å²) in [5, 5.41) is 3.24. The third kappa shape index (κ3) is 6.09. The number of nitrogens with one attached hydrogen (secondary N) is 1. The normalized spacial score (nSPS) is 20.5. The number of likely N-dealkylation sites (tertiary alicyclic amines) is 2. The van der Waals surface area contributed by atoms with Gasteiger partial charge in [0, 0.05) is 24.9 Å². The van der Waals surface area contributed by atoms with Crippen LogP contribution in [0.2, 0.25) is 0 Å². The fourth-order valence-corrected chi connectivity index (χ4v) is 4.93. The van der Waals surface area contributed by atoms with Crippen molar-refractivity contribution >= 4 is 17.7 Å². The molecular formula is C25H38N4O3. The molecule has 3 amide bonds. The van der Waals surface area contributed by atoms with Gasteiger partial charge in [0.05, 0.1) is 12.1 Å². The maximum absolute atomic E-state index is 13.0. The highest BCUT2D eigenvalue weighted by atomic mass is 16.2. The Morgan fingerprint density at radius 1 is 1.00 bits per heavy atom. The maximum atomic E-state index is 13.0. The number of primary amides is 1. The first-order chi connectivity index (χ1) is 15.4. The molecule has 7 heteroatoms. The number of amides is 3. The largest absolute Gasteiger partial charge is 0.369 e. The van der Waals surface area contributed by atoms with E-state index < -0.39 is 0 Å². The van der Waals surface area contributed by atoms with Crippen molar-refractivity contribution in [3.63, 3.8) is 0 Å². The van der Waals surface area contributed by atoms with Crippen LogP contribution in [0.15, 0.2) is 30.3 Å². The van der Waals surface area contributed by atoms with E-state index in [1.54, 1.807) is 0 Å². The van der Waals surface area contributed by atoms with Crippen molar-refractivity contribution in [1.29, 1.82) is 0 Å². The van der Waals surface area contributed by atoms with E-state index in [0.717, 1.165) is 44.3 Å². The number of benzene rings is 1. The Balaban J connectivity index is 1.48. The van der Waals surface area contributed by atoms with Crippen LogP contribution in [0.4, 0.5) is 0 Å². The van der Waals surface area contributed by atoms with E-state index in [0.29, 0.717) is 25.9 Å². The zero-order chi connectivity index (χ0) is 23.1. The molecule has 1 aromatic carbocycles. The van der Waals surface area contributed by atoms with Crippen LogP contribution in [0.3, 0.4) is 0 Å². The van der Waals surface area contributed by atoms with E-state index in [4.69, 9.17) is 5.73 Å². The van der Waals surface area contributed by atoms with Gasteiger partial charge in [0.15, 0.2) is 0 Å². The Hall–Kier alpha value is -2.41. The first-order valence-corrected chi connectivity index (χ1v) is 12.1. The van der Waals surface area contributed by atoms with Crippen molar-refractivity contribution in [3.8, 4) is 0 Å². The number of rotatable bonds is 8. The maximum Gasteiger partial charge on any atom is 0.237 e. The highest BCUT2D eigenvalue weighted by Gasteiger charge is 2.34. The molecule has 2 atom stereocenters. The van der Waals surface area contributed by atoms with Crippen LogP contribution in [0.25, 0.3) is 0 Å². The highest BCUT2D eigenvalue weighted by molar-refractivity contribution is 5.82. The summed E-state index contributed by atoms with van der Waals surface area (Å²) in [6.45, 7) is 6.80. The van der Waals surface area contributed by atoms with Crippen molar-refractivity contribution in [2.45, 2.75) is 64.5 Å². The predicted octanol–water partition coefficient (Wildman–Crippen LogP) is 2.47. The first-order valence-electron chi connectivity index (χ1n) is 12.1. The molecule has 2 aliphatic heterocycles. The highest BCUT2D eigenvalue weighted by Crippen LogP contribution is 2.25. The Kier molecular flexibility index (Phi) is 8.67. The number of hydrogen-bond acceptors (Lipinski definition) is 4. The van der Waals surface area contributed by atoms with Gasteiger partial charge < -0.3 is 16.0 Å². The third-order valence-electron chi connectivity index (χ3n) is 7.11. The number of piperidine rings is 2. The molecule has 3 rings (SSSR count). The van der Waals surface area contributed by atoms with Gasteiger partial charge in [-0.25, -0.2) is 0 Å². The summed E-state index contributed by atoms with van der Waals surface area (Å²) in [7, 11) is 0. The molecule has 2 fully saturated rings. The molecule has 2 unspecified atom stereocenters. The van der Waals surface area contributed by atoms with Gasteiger partial charge in [0.1, 0.15) is 0 Å². The fraction of sp³-hybridized carbons (Fsp3) is 0.640. The van der Waals surface area contributed by atoms with Gasteiger partial charge in [0.25, 0.3) is 0 Å². The molecule has 176 valence electrons. The zero-order valence-electron chi connectivity index (χ0n) is 19.5. The predicted molar refractivity (Wildman–Crippen MR) is 124 cm³/mol. The first kappa shape index (κ1) is 24.2. The number of carbonyl (C=O) groups excluding carboxylic acids is 3. The summed E-state index contributed by atoms with van der Waals surface area (Å²) in [5.74, 6) is -0.120. The molecule has 2 saturated heterocycles. The van der Waals surface area contributed by atoms with E-state index in [9.17, 15) is 14.4 Å². The molecule has 1 aromatic rings. The molecule has 32 heavy (non-hydrogen) atoms. The van der Waals surface area contributed by atoms with Crippen molar-refractivity contribution in [1.82, 2.24) is 15.1 Å². The van der Waals surface area contributed by atoms with Crippen LogP contribution in [0.1, 0.15) is 64.0 Å². The Labute approximate surface area is 191 Å². The summed E-state index contributed by atoms with van der Waals surface area (Å²) in [6, 6.07) is 9.93. The lowest BCUT2D eigenvalue weighted by Gasteiger charge is -2.38. The second-order valence-corrected chi connectivity index (χ2v) is 9.25. The molecule has 0 bridgehead atoms. The average molecular weight is 443 g/mol. The topological polar surface area (TPSA) is 95.7 Å². The smallest absolute Gasteiger partial charge is 0.237 e. The summed E-state index contributed by atoms with van der Waals surface area (Å²) in [4.78, 5) is 41.3. The standard InChI is InChI=1S/C25H38N4O3/c1-3-7-22(19-8-5-4-6-9-19)27-24(31)18(2)28-14-12-21(13-15-28)25(32)29-16-10-20(11-17-29)23(26)30/h4-6,8-9,18,20-22H,3,7,10-17H2,1-2H3,(H2,26,30)(H,27,31). The molecule has 2 aliphatic rings. The second kappa shape index (κ2) is 11.5. The van der Waals surface area contributed by atoms with E-state index in [1.165, 1.54) is 0 Å². The number of nitrogens with zero attached hydrogens (tertiary/aromatic N) is 2. The number of nitrogens with two attached hydrogens (primary N) is 1. The number of hydrogen-bond donors (Lipinski definition) is 2. The van der Waals surface area contributed by atoms with Crippen molar-refractivity contribution in [2.75, 3.05) is 26.2 Å². The number of carbonyl (C=O) groups is 3. The average Bonchev–Trinajstić information content (AvgIpc) is 2.83. The molecular weight excluding hydrogens is 404 g/mol. The molecule has 0 saturated carbocycles. The summed E-state index contributed by atoms with van der Waals surface area (Å²) in [6.07, 6.45) is 4.77. The lowest BCUT2D eigenvalue weighted by atomic mass is 9.91. The van der Waals surface area contributed by atoms with Gasteiger partial charge in [-0.1, -0.05) is 43.7 Å². The summed E-state index contributed by atoms with van der Waals surface area (Å²) >= 11 is 0. The minimum atomic E-state index is -0.258. The minimum Gasteiger partial charge on any atom is -0.369 e. The monoisotopic (exact) mass is 442 g/mol. The van der Waals surface area contributed by atoms with Crippen LogP contribution in [0.5, 0.6) is 0 Å². The van der Waals surface area contributed by atoms with Crippen LogP contribution < -0.4 is 11.1 Å². The Morgan fingerprint density at radius 3 is 2.16 bits per heavy atom. The van der Waals surface area contributed by atoms with Gasteiger partial charge in [0.2, 0.25) is 17.7 Å². The van der Waals surface area contributed by atoms with Gasteiger partial charge in [-0.05, 0) is 57.7 Å². The molecule has 7 nitrogen and oxygen atoms in total. The summed E-state index contributed by atoms with van der Waals surface area (Å²) < 4.78 is 0. The van der Waals surface area contributed by atoms with E-state index in [-0.39, 0.29) is 41.6 Å². The zero-order valence-corrected chi connectivity index (χ0v) is 19.5. The van der Waals surface area contributed by atoms with Gasteiger partial charge in [-0.2, -0.15) is 0 Å². The van der Waals surface area contributed by atoms with Crippen LogP contribution in [0, 0.1) is 11.8 Å². The molecule has 0 aliphatic carbocycles. The SMILES string of the molecule is CCCC(NC(=O)C(C)N1CCC(C(=O)N2CCC(C(N)=O)CC2)CC1)c1ccccc1. The molecule has 0 spiro atoms. The molecule has 0 aromatic heterocycles.